The Bertz CT molecular complexity index is 837. The molecule has 3 rings (SSSR count). The van der Waals surface area contributed by atoms with Crippen LogP contribution in [0.5, 0.6) is 0 Å². The molecule has 0 aliphatic carbocycles. The molecule has 0 N–H and O–H groups in total. The zero-order chi connectivity index (χ0) is 15.2. The molecule has 0 saturated carbocycles. The average molecular weight is 304 g/mol. The highest BCUT2D eigenvalue weighted by Crippen LogP contribution is 2.25. The van der Waals surface area contributed by atoms with Crippen LogP contribution < -0.4 is 0 Å². The lowest BCUT2D eigenvalue weighted by molar-refractivity contribution is 0.557. The van der Waals surface area contributed by atoms with Gasteiger partial charge in [0.15, 0.2) is 0 Å². The maximum absolute atomic E-state index is 9.31. The predicted octanol–water partition coefficient (Wildman–Crippen LogP) is 5.02. The molecular weight excluding hydrogens is 292 g/mol. The van der Waals surface area contributed by atoms with Gasteiger partial charge in [-0.1, -0.05) is 36.4 Å². The van der Waals surface area contributed by atoms with E-state index in [9.17, 15) is 5.26 Å². The normalized spacial score (nSPS) is 11.7. The number of allylic oxidation sites excluding steroid dienone is 3. The summed E-state index contributed by atoms with van der Waals surface area (Å²) in [7, 11) is 0. The van der Waals surface area contributed by atoms with Crippen molar-refractivity contribution in [2.24, 2.45) is 0 Å². The van der Waals surface area contributed by atoms with Gasteiger partial charge in [0.25, 0.3) is 0 Å². The zero-order valence-electron chi connectivity index (χ0n) is 11.6. The third-order valence-corrected chi connectivity index (χ3v) is 3.87. The highest BCUT2D eigenvalue weighted by molar-refractivity contribution is 7.11. The molecule has 1 aromatic carbocycles. The molecule has 0 aliphatic heterocycles. The minimum atomic E-state index is 0.537. The zero-order valence-corrected chi connectivity index (χ0v) is 12.5. The Morgan fingerprint density at radius 1 is 1.18 bits per heavy atom. The number of aromatic nitrogens is 1. The molecule has 3 nitrogen and oxygen atoms in total. The fraction of sp³-hybridized carbons (Fsp3) is 0. The molecule has 22 heavy (non-hydrogen) atoms. The van der Waals surface area contributed by atoms with Crippen LogP contribution in [0.2, 0.25) is 0 Å². The molecule has 2 aromatic heterocycles. The van der Waals surface area contributed by atoms with Gasteiger partial charge in [0.2, 0.25) is 0 Å². The van der Waals surface area contributed by atoms with Crippen LogP contribution >= 0.6 is 11.3 Å². The van der Waals surface area contributed by atoms with Crippen molar-refractivity contribution < 1.29 is 4.42 Å². The minimum absolute atomic E-state index is 0.537. The Morgan fingerprint density at radius 2 is 2.05 bits per heavy atom. The first kappa shape index (κ1) is 14.1. The molecule has 2 heterocycles. The highest BCUT2D eigenvalue weighted by Gasteiger charge is 2.07. The Kier molecular flexibility index (Phi) is 4.28. The van der Waals surface area contributed by atoms with Crippen LogP contribution in [0.4, 0.5) is 0 Å². The molecule has 0 spiro atoms. The van der Waals surface area contributed by atoms with Crippen molar-refractivity contribution in [2.75, 3.05) is 0 Å². The topological polar surface area (TPSA) is 49.8 Å². The third-order valence-electron chi connectivity index (χ3n) is 2.99. The fourth-order valence-electron chi connectivity index (χ4n) is 1.92. The molecule has 0 aliphatic rings. The molecule has 3 aromatic rings. The predicted molar refractivity (Wildman–Crippen MR) is 88.9 cm³/mol. The molecule has 0 unspecified atom stereocenters. The van der Waals surface area contributed by atoms with Gasteiger partial charge in [-0.3, -0.25) is 0 Å². The monoisotopic (exact) mass is 304 g/mol. The highest BCUT2D eigenvalue weighted by atomic mass is 32.1. The van der Waals surface area contributed by atoms with Crippen molar-refractivity contribution >= 4 is 23.0 Å². The van der Waals surface area contributed by atoms with Gasteiger partial charge in [0.1, 0.15) is 16.8 Å². The largest absolute Gasteiger partial charge is 0.465 e. The van der Waals surface area contributed by atoms with Gasteiger partial charge < -0.3 is 4.42 Å². The van der Waals surface area contributed by atoms with Gasteiger partial charge in [-0.2, -0.15) is 5.26 Å². The maximum Gasteiger partial charge on any atom is 0.134 e. The number of benzene rings is 1. The molecule has 106 valence electrons. The summed E-state index contributed by atoms with van der Waals surface area (Å²) in [6.45, 7) is 0. The molecule has 4 heteroatoms. The molecule has 0 amide bonds. The lowest BCUT2D eigenvalue weighted by Crippen LogP contribution is -1.81. The summed E-state index contributed by atoms with van der Waals surface area (Å²) in [5, 5.41) is 12.0. The molecule has 0 saturated heterocycles. The van der Waals surface area contributed by atoms with E-state index in [2.05, 4.69) is 11.1 Å². The summed E-state index contributed by atoms with van der Waals surface area (Å²) in [5.74, 6) is 0.748. The summed E-state index contributed by atoms with van der Waals surface area (Å²) >= 11 is 1.47. The Labute approximate surface area is 132 Å². The lowest BCUT2D eigenvalue weighted by Gasteiger charge is -1.94. The molecule has 0 bridgehead atoms. The number of hydrogen-bond donors (Lipinski definition) is 0. The minimum Gasteiger partial charge on any atom is -0.465 e. The number of nitriles is 1. The van der Waals surface area contributed by atoms with Gasteiger partial charge in [-0.05, 0) is 24.3 Å². The number of hydrogen-bond acceptors (Lipinski definition) is 4. The quantitative estimate of drug-likeness (QED) is 0.502. The van der Waals surface area contributed by atoms with E-state index in [4.69, 9.17) is 4.42 Å². The van der Waals surface area contributed by atoms with Crippen molar-refractivity contribution in [1.29, 1.82) is 5.26 Å². The number of nitrogens with zero attached hydrogens (tertiary/aromatic N) is 2. The second kappa shape index (κ2) is 6.70. The molecule has 0 fully saturated rings. The van der Waals surface area contributed by atoms with Gasteiger partial charge in [0.05, 0.1) is 17.5 Å². The van der Waals surface area contributed by atoms with E-state index < -0.39 is 0 Å². The first-order chi connectivity index (χ1) is 10.9. The van der Waals surface area contributed by atoms with Gasteiger partial charge >= 0.3 is 0 Å². The van der Waals surface area contributed by atoms with Crippen molar-refractivity contribution in [2.45, 2.75) is 0 Å². The van der Waals surface area contributed by atoms with E-state index in [1.165, 1.54) is 11.3 Å². The van der Waals surface area contributed by atoms with Crippen molar-refractivity contribution in [3.8, 4) is 17.3 Å². The standard InChI is InChI=1S/C18H12N2OS/c19-12-15(8-4-9-16-10-5-11-21-16)18-20-17(13-22-18)14-6-2-1-3-7-14/h1-11,13H. The van der Waals surface area contributed by atoms with Crippen LogP contribution in [0, 0.1) is 11.3 Å². The lowest BCUT2D eigenvalue weighted by atomic mass is 10.2. The first-order valence-electron chi connectivity index (χ1n) is 6.70. The first-order valence-corrected chi connectivity index (χ1v) is 7.58. The van der Waals surface area contributed by atoms with Crippen LogP contribution in [0.1, 0.15) is 10.8 Å². The van der Waals surface area contributed by atoms with Crippen molar-refractivity contribution in [3.05, 3.63) is 77.0 Å². The van der Waals surface area contributed by atoms with Crippen LogP contribution in [-0.2, 0) is 0 Å². The van der Waals surface area contributed by atoms with Crippen LogP contribution in [0.15, 0.2) is 70.7 Å². The summed E-state index contributed by atoms with van der Waals surface area (Å²) in [6, 6.07) is 15.8. The second-order valence-corrected chi connectivity index (χ2v) is 5.33. The van der Waals surface area contributed by atoms with E-state index in [1.54, 1.807) is 18.4 Å². The molecular formula is C18H12N2OS. The number of rotatable bonds is 4. The number of thiazole rings is 1. The van der Waals surface area contributed by atoms with Gasteiger partial charge in [-0.15, -0.1) is 11.3 Å². The van der Waals surface area contributed by atoms with E-state index >= 15 is 0 Å². The van der Waals surface area contributed by atoms with Gasteiger partial charge in [-0.25, -0.2) is 4.98 Å². The molecule has 0 atom stereocenters. The van der Waals surface area contributed by atoms with Crippen LogP contribution in [0.25, 0.3) is 22.9 Å². The second-order valence-electron chi connectivity index (χ2n) is 4.47. The third kappa shape index (κ3) is 3.22. The summed E-state index contributed by atoms with van der Waals surface area (Å²) in [6.07, 6.45) is 6.96. The Balaban J connectivity index is 1.83. The smallest absolute Gasteiger partial charge is 0.134 e. The maximum atomic E-state index is 9.31. The van der Waals surface area contributed by atoms with E-state index in [1.807, 2.05) is 53.9 Å². The molecule has 0 radical (unpaired) electrons. The van der Waals surface area contributed by atoms with E-state index in [0.29, 0.717) is 10.6 Å². The van der Waals surface area contributed by atoms with Crippen molar-refractivity contribution in [3.63, 3.8) is 0 Å². The summed E-state index contributed by atoms with van der Waals surface area (Å²) in [4.78, 5) is 4.54. The summed E-state index contributed by atoms with van der Waals surface area (Å²) in [5.41, 5.74) is 2.47. The van der Waals surface area contributed by atoms with Gasteiger partial charge in [0, 0.05) is 10.9 Å². The fourth-order valence-corrected chi connectivity index (χ4v) is 2.72. The number of furan rings is 1. The van der Waals surface area contributed by atoms with Crippen LogP contribution in [0.3, 0.4) is 0 Å². The van der Waals surface area contributed by atoms with Crippen molar-refractivity contribution in [1.82, 2.24) is 4.98 Å². The Hall–Kier alpha value is -2.90. The van der Waals surface area contributed by atoms with E-state index in [0.717, 1.165) is 17.0 Å². The van der Waals surface area contributed by atoms with Crippen LogP contribution in [-0.4, -0.2) is 4.98 Å². The Morgan fingerprint density at radius 3 is 2.77 bits per heavy atom. The summed E-state index contributed by atoms with van der Waals surface area (Å²) < 4.78 is 5.20. The van der Waals surface area contributed by atoms with E-state index in [-0.39, 0.29) is 0 Å². The SMILES string of the molecule is N#CC(=CC=Cc1ccco1)c1nc(-c2ccccc2)cs1. The average Bonchev–Trinajstić information content (AvgIpc) is 3.24.